The third-order valence-electron chi connectivity index (χ3n) is 2.84. The van der Waals surface area contributed by atoms with Crippen molar-refractivity contribution < 1.29 is 18.9 Å². The summed E-state index contributed by atoms with van der Waals surface area (Å²) >= 11 is 0. The minimum atomic E-state index is -0.0259. The van der Waals surface area contributed by atoms with Gasteiger partial charge in [0.2, 0.25) is 0 Å². The van der Waals surface area contributed by atoms with Gasteiger partial charge in [0.05, 0.1) is 13.7 Å². The molecule has 0 radical (unpaired) electrons. The zero-order valence-electron chi connectivity index (χ0n) is 12.6. The molecular weight excluding hydrogens is 258 g/mol. The van der Waals surface area contributed by atoms with Crippen molar-refractivity contribution in [2.45, 2.75) is 19.4 Å². The van der Waals surface area contributed by atoms with E-state index in [-0.39, 0.29) is 6.04 Å². The zero-order valence-corrected chi connectivity index (χ0v) is 12.6. The molecule has 0 spiro atoms. The quantitative estimate of drug-likeness (QED) is 0.667. The lowest BCUT2D eigenvalue weighted by molar-refractivity contribution is 0.0799. The highest BCUT2D eigenvalue weighted by Gasteiger charge is 2.07. The van der Waals surface area contributed by atoms with Crippen LogP contribution in [0.1, 0.15) is 24.9 Å². The van der Waals surface area contributed by atoms with Crippen LogP contribution in [0.5, 0.6) is 11.5 Å². The molecule has 0 aliphatic heterocycles. The fraction of sp³-hybridized carbons (Fsp3) is 0.600. The molecule has 5 nitrogen and oxygen atoms in total. The molecule has 0 saturated heterocycles. The lowest BCUT2D eigenvalue weighted by Crippen LogP contribution is -2.10. The molecule has 0 aliphatic carbocycles. The Labute approximate surface area is 121 Å². The van der Waals surface area contributed by atoms with Gasteiger partial charge in [-0.25, -0.2) is 0 Å². The van der Waals surface area contributed by atoms with Crippen molar-refractivity contribution in [3.8, 4) is 11.5 Å². The number of hydrogen-bond acceptors (Lipinski definition) is 5. The summed E-state index contributed by atoms with van der Waals surface area (Å²) in [6.45, 7) is 4.36. The third kappa shape index (κ3) is 5.77. The van der Waals surface area contributed by atoms with Crippen molar-refractivity contribution in [3.05, 3.63) is 23.8 Å². The second-order valence-electron chi connectivity index (χ2n) is 4.51. The SMILES string of the molecule is COCCCOCCOc1ccc([C@@H](C)N)cc1OC. The lowest BCUT2D eigenvalue weighted by atomic mass is 10.1. The molecule has 0 amide bonds. The number of ether oxygens (including phenoxy) is 4. The Kier molecular flexibility index (Phi) is 8.02. The summed E-state index contributed by atoms with van der Waals surface area (Å²) in [6, 6.07) is 5.70. The Balaban J connectivity index is 2.36. The molecule has 0 aliphatic rings. The standard InChI is InChI=1S/C15H25NO4/c1-12(16)13-5-6-14(15(11-13)18-3)20-10-9-19-8-4-7-17-2/h5-6,11-12H,4,7-10,16H2,1-3H3/t12-/m1/s1. The highest BCUT2D eigenvalue weighted by atomic mass is 16.5. The molecule has 1 aromatic carbocycles. The van der Waals surface area contributed by atoms with Crippen LogP contribution in [-0.4, -0.2) is 40.6 Å². The molecule has 0 bridgehead atoms. The van der Waals surface area contributed by atoms with Crippen LogP contribution in [0.3, 0.4) is 0 Å². The maximum atomic E-state index is 5.84. The number of hydrogen-bond donors (Lipinski definition) is 1. The largest absolute Gasteiger partial charge is 0.493 e. The van der Waals surface area contributed by atoms with Crippen molar-refractivity contribution in [3.63, 3.8) is 0 Å². The van der Waals surface area contributed by atoms with Crippen LogP contribution in [0, 0.1) is 0 Å². The van der Waals surface area contributed by atoms with E-state index in [9.17, 15) is 0 Å². The van der Waals surface area contributed by atoms with Crippen molar-refractivity contribution in [1.29, 1.82) is 0 Å². The molecule has 0 fully saturated rings. The number of methoxy groups -OCH3 is 2. The average Bonchev–Trinajstić information content (AvgIpc) is 2.46. The fourth-order valence-corrected chi connectivity index (χ4v) is 1.70. The first kappa shape index (κ1) is 16.8. The average molecular weight is 283 g/mol. The molecule has 1 aromatic rings. The third-order valence-corrected chi connectivity index (χ3v) is 2.84. The van der Waals surface area contributed by atoms with Crippen molar-refractivity contribution in [2.75, 3.05) is 40.6 Å². The first-order valence-corrected chi connectivity index (χ1v) is 6.82. The van der Waals surface area contributed by atoms with Gasteiger partial charge in [-0.05, 0) is 31.0 Å². The van der Waals surface area contributed by atoms with Crippen LogP contribution in [0.4, 0.5) is 0 Å². The predicted octanol–water partition coefficient (Wildman–Crippen LogP) is 2.15. The first-order chi connectivity index (χ1) is 9.69. The summed E-state index contributed by atoms with van der Waals surface area (Å²) in [4.78, 5) is 0. The van der Waals surface area contributed by atoms with Crippen LogP contribution in [-0.2, 0) is 9.47 Å². The smallest absolute Gasteiger partial charge is 0.161 e. The van der Waals surface area contributed by atoms with Gasteiger partial charge in [0, 0.05) is 26.4 Å². The van der Waals surface area contributed by atoms with E-state index >= 15 is 0 Å². The normalized spacial score (nSPS) is 12.2. The van der Waals surface area contributed by atoms with Gasteiger partial charge in [0.15, 0.2) is 11.5 Å². The van der Waals surface area contributed by atoms with Gasteiger partial charge in [0.1, 0.15) is 6.61 Å². The minimum absolute atomic E-state index is 0.0259. The van der Waals surface area contributed by atoms with Crippen molar-refractivity contribution >= 4 is 0 Å². The van der Waals surface area contributed by atoms with Crippen LogP contribution in [0.2, 0.25) is 0 Å². The first-order valence-electron chi connectivity index (χ1n) is 6.82. The van der Waals surface area contributed by atoms with Gasteiger partial charge in [-0.15, -0.1) is 0 Å². The van der Waals surface area contributed by atoms with E-state index < -0.39 is 0 Å². The Morgan fingerprint density at radius 1 is 1.05 bits per heavy atom. The molecule has 114 valence electrons. The van der Waals surface area contributed by atoms with Crippen LogP contribution in [0.15, 0.2) is 18.2 Å². The molecule has 0 heterocycles. The van der Waals surface area contributed by atoms with Gasteiger partial charge >= 0.3 is 0 Å². The Bertz CT molecular complexity index is 382. The second kappa shape index (κ2) is 9.58. The highest BCUT2D eigenvalue weighted by molar-refractivity contribution is 5.43. The van der Waals surface area contributed by atoms with Crippen LogP contribution in [0.25, 0.3) is 0 Å². The van der Waals surface area contributed by atoms with E-state index in [1.54, 1.807) is 14.2 Å². The van der Waals surface area contributed by atoms with E-state index in [4.69, 9.17) is 24.7 Å². The molecule has 1 rings (SSSR count). The molecule has 0 unspecified atom stereocenters. The summed E-state index contributed by atoms with van der Waals surface area (Å²) in [7, 11) is 3.30. The number of nitrogens with two attached hydrogens (primary N) is 1. The Hall–Kier alpha value is -1.30. The van der Waals surface area contributed by atoms with Gasteiger partial charge in [-0.1, -0.05) is 6.07 Å². The van der Waals surface area contributed by atoms with E-state index in [0.717, 1.165) is 12.0 Å². The van der Waals surface area contributed by atoms with E-state index in [1.165, 1.54) is 0 Å². The molecule has 2 N–H and O–H groups in total. The monoisotopic (exact) mass is 283 g/mol. The molecule has 0 aromatic heterocycles. The maximum absolute atomic E-state index is 5.84. The topological polar surface area (TPSA) is 62.9 Å². The number of benzene rings is 1. The summed E-state index contributed by atoms with van der Waals surface area (Å²) in [5.74, 6) is 1.40. The highest BCUT2D eigenvalue weighted by Crippen LogP contribution is 2.29. The summed E-state index contributed by atoms with van der Waals surface area (Å²) < 4.78 is 21.3. The summed E-state index contributed by atoms with van der Waals surface area (Å²) in [5, 5.41) is 0. The van der Waals surface area contributed by atoms with Gasteiger partial charge < -0.3 is 24.7 Å². The molecule has 0 saturated carbocycles. The van der Waals surface area contributed by atoms with Crippen molar-refractivity contribution in [1.82, 2.24) is 0 Å². The van der Waals surface area contributed by atoms with Gasteiger partial charge in [-0.2, -0.15) is 0 Å². The Morgan fingerprint density at radius 3 is 2.50 bits per heavy atom. The second-order valence-corrected chi connectivity index (χ2v) is 4.51. The van der Waals surface area contributed by atoms with E-state index in [0.29, 0.717) is 37.9 Å². The van der Waals surface area contributed by atoms with Crippen LogP contribution >= 0.6 is 0 Å². The molecule has 5 heteroatoms. The predicted molar refractivity (Wildman–Crippen MR) is 78.4 cm³/mol. The van der Waals surface area contributed by atoms with Crippen LogP contribution < -0.4 is 15.2 Å². The number of rotatable bonds is 10. The minimum Gasteiger partial charge on any atom is -0.493 e. The van der Waals surface area contributed by atoms with Gasteiger partial charge in [-0.3, -0.25) is 0 Å². The summed E-state index contributed by atoms with van der Waals surface area (Å²) in [6.07, 6.45) is 0.892. The van der Waals surface area contributed by atoms with Gasteiger partial charge in [0.25, 0.3) is 0 Å². The zero-order chi connectivity index (χ0) is 14.8. The van der Waals surface area contributed by atoms with E-state index in [1.807, 2.05) is 25.1 Å². The molecule has 20 heavy (non-hydrogen) atoms. The molecular formula is C15H25NO4. The lowest BCUT2D eigenvalue weighted by Gasteiger charge is -2.13. The Morgan fingerprint density at radius 2 is 1.85 bits per heavy atom. The summed E-state index contributed by atoms with van der Waals surface area (Å²) in [5.41, 5.74) is 6.86. The van der Waals surface area contributed by atoms with Crippen molar-refractivity contribution in [2.24, 2.45) is 5.73 Å². The fourth-order valence-electron chi connectivity index (χ4n) is 1.70. The van der Waals surface area contributed by atoms with E-state index in [2.05, 4.69) is 0 Å². The molecule has 1 atom stereocenters. The maximum Gasteiger partial charge on any atom is 0.161 e.